The average Bonchev–Trinajstić information content (AvgIpc) is 2.37. The van der Waals surface area contributed by atoms with Crippen LogP contribution in [0.3, 0.4) is 0 Å². The van der Waals surface area contributed by atoms with Crippen molar-refractivity contribution in [3.63, 3.8) is 0 Å². The van der Waals surface area contributed by atoms with Crippen molar-refractivity contribution in [3.8, 4) is 0 Å². The number of benzene rings is 1. The van der Waals surface area contributed by atoms with Gasteiger partial charge >= 0.3 is 5.97 Å². The molecule has 1 aromatic heterocycles. The zero-order chi connectivity index (χ0) is 13.0. The Bertz CT molecular complexity index is 572. The Labute approximate surface area is 109 Å². The fourth-order valence-electron chi connectivity index (χ4n) is 1.42. The van der Waals surface area contributed by atoms with E-state index in [9.17, 15) is 4.79 Å². The highest BCUT2D eigenvalue weighted by Gasteiger charge is 2.09. The van der Waals surface area contributed by atoms with E-state index in [4.69, 9.17) is 22.1 Å². The molecule has 92 valence electrons. The second kappa shape index (κ2) is 5.51. The molecule has 0 unspecified atom stereocenters. The molecule has 2 rings (SSSR count). The van der Waals surface area contributed by atoms with Crippen LogP contribution in [0.2, 0.25) is 5.02 Å². The highest BCUT2D eigenvalue weighted by Crippen LogP contribution is 2.16. The summed E-state index contributed by atoms with van der Waals surface area (Å²) in [6.45, 7) is 0.126. The maximum atomic E-state index is 11.7. The highest BCUT2D eigenvalue weighted by atomic mass is 35.5. The number of halogens is 1. The van der Waals surface area contributed by atoms with E-state index in [1.165, 1.54) is 12.3 Å². The second-order valence-electron chi connectivity index (χ2n) is 3.64. The van der Waals surface area contributed by atoms with Crippen molar-refractivity contribution < 1.29 is 9.53 Å². The number of rotatable bonds is 3. The minimum absolute atomic E-state index is 0.126. The van der Waals surface area contributed by atoms with Crippen LogP contribution < -0.4 is 5.73 Å². The number of nitrogens with two attached hydrogens (primary N) is 1. The first kappa shape index (κ1) is 12.4. The number of aromatic nitrogens is 1. The molecule has 0 aliphatic carbocycles. The maximum absolute atomic E-state index is 11.7. The lowest BCUT2D eigenvalue weighted by molar-refractivity contribution is 0.0473. The van der Waals surface area contributed by atoms with Crippen molar-refractivity contribution >= 4 is 23.4 Å². The number of nitrogens with zero attached hydrogens (tertiary/aromatic N) is 1. The van der Waals surface area contributed by atoms with Gasteiger partial charge in [0.2, 0.25) is 0 Å². The predicted octanol–water partition coefficient (Wildman–Crippen LogP) is 2.67. The molecule has 0 saturated heterocycles. The van der Waals surface area contributed by atoms with Crippen molar-refractivity contribution in [3.05, 3.63) is 58.7 Å². The van der Waals surface area contributed by atoms with E-state index < -0.39 is 5.97 Å². The van der Waals surface area contributed by atoms with Gasteiger partial charge in [0.05, 0.1) is 5.56 Å². The van der Waals surface area contributed by atoms with Gasteiger partial charge in [0.15, 0.2) is 0 Å². The van der Waals surface area contributed by atoms with Crippen LogP contribution in [0.15, 0.2) is 42.6 Å². The van der Waals surface area contributed by atoms with Crippen LogP contribution >= 0.6 is 11.6 Å². The molecule has 0 aliphatic rings. The zero-order valence-electron chi connectivity index (χ0n) is 9.47. The molecular weight excluding hydrogens is 252 g/mol. The molecule has 0 spiro atoms. The monoisotopic (exact) mass is 262 g/mol. The summed E-state index contributed by atoms with van der Waals surface area (Å²) < 4.78 is 5.14. The van der Waals surface area contributed by atoms with Crippen molar-refractivity contribution in [1.82, 2.24) is 4.98 Å². The molecule has 1 heterocycles. The molecule has 5 heteroatoms. The molecule has 2 N–H and O–H groups in total. The van der Waals surface area contributed by atoms with Gasteiger partial charge in [-0.05, 0) is 18.2 Å². The number of carbonyl (C=O) groups is 1. The Morgan fingerprint density at radius 2 is 2.11 bits per heavy atom. The summed E-state index contributed by atoms with van der Waals surface area (Å²) in [4.78, 5) is 15.5. The number of pyridine rings is 1. The summed E-state index contributed by atoms with van der Waals surface area (Å²) in [7, 11) is 0. The Kier molecular flexibility index (Phi) is 3.79. The number of ether oxygens (including phenoxy) is 1. The molecule has 0 amide bonds. The second-order valence-corrected chi connectivity index (χ2v) is 4.04. The lowest BCUT2D eigenvalue weighted by atomic mass is 10.2. The van der Waals surface area contributed by atoms with Crippen LogP contribution in [-0.2, 0) is 11.3 Å². The van der Waals surface area contributed by atoms with Gasteiger partial charge in [-0.25, -0.2) is 9.78 Å². The van der Waals surface area contributed by atoms with Crippen LogP contribution in [0, 0.1) is 0 Å². The van der Waals surface area contributed by atoms with Gasteiger partial charge in [-0.1, -0.05) is 29.8 Å². The topological polar surface area (TPSA) is 65.2 Å². The number of hydrogen-bond donors (Lipinski definition) is 1. The lowest BCUT2D eigenvalue weighted by Gasteiger charge is -2.06. The van der Waals surface area contributed by atoms with Crippen molar-refractivity contribution in [2.45, 2.75) is 6.61 Å². The lowest BCUT2D eigenvalue weighted by Crippen LogP contribution is -2.06. The van der Waals surface area contributed by atoms with E-state index in [2.05, 4.69) is 4.98 Å². The van der Waals surface area contributed by atoms with E-state index in [0.29, 0.717) is 10.6 Å². The highest BCUT2D eigenvalue weighted by molar-refractivity contribution is 6.31. The normalized spacial score (nSPS) is 10.1. The molecule has 0 saturated carbocycles. The Hall–Kier alpha value is -2.07. The van der Waals surface area contributed by atoms with E-state index in [-0.39, 0.29) is 12.4 Å². The summed E-state index contributed by atoms with van der Waals surface area (Å²) in [6, 6.07) is 10.2. The molecule has 0 radical (unpaired) electrons. The molecule has 18 heavy (non-hydrogen) atoms. The zero-order valence-corrected chi connectivity index (χ0v) is 10.2. The predicted molar refractivity (Wildman–Crippen MR) is 69.2 cm³/mol. The van der Waals surface area contributed by atoms with Gasteiger partial charge in [0.25, 0.3) is 0 Å². The number of hydrogen-bond acceptors (Lipinski definition) is 4. The first-order chi connectivity index (χ1) is 8.66. The summed E-state index contributed by atoms with van der Waals surface area (Å²) in [5, 5.41) is 0.569. The molecular formula is C13H11ClN2O2. The summed E-state index contributed by atoms with van der Waals surface area (Å²) >= 11 is 5.96. The smallest absolute Gasteiger partial charge is 0.338 e. The van der Waals surface area contributed by atoms with Gasteiger partial charge in [-0.15, -0.1) is 0 Å². The van der Waals surface area contributed by atoms with Crippen molar-refractivity contribution in [2.75, 3.05) is 5.73 Å². The summed E-state index contributed by atoms with van der Waals surface area (Å²) in [5.74, 6) is -0.175. The first-order valence-electron chi connectivity index (χ1n) is 5.29. The third-order valence-electron chi connectivity index (χ3n) is 2.33. The SMILES string of the molecule is Nc1cc(C(=O)OCc2ccccc2Cl)ccn1. The molecule has 0 aliphatic heterocycles. The van der Waals surface area contributed by atoms with Crippen LogP contribution in [0.4, 0.5) is 5.82 Å². The minimum Gasteiger partial charge on any atom is -0.457 e. The number of esters is 1. The summed E-state index contributed by atoms with van der Waals surface area (Å²) in [5.41, 5.74) is 6.62. The fraction of sp³-hybridized carbons (Fsp3) is 0.0769. The van der Waals surface area contributed by atoms with Gasteiger partial charge < -0.3 is 10.5 Å². The summed E-state index contributed by atoms with van der Waals surface area (Å²) in [6.07, 6.45) is 1.46. The molecule has 2 aromatic rings. The molecule has 0 fully saturated rings. The fourth-order valence-corrected chi connectivity index (χ4v) is 1.61. The number of nitrogen functional groups attached to an aromatic ring is 1. The van der Waals surface area contributed by atoms with E-state index in [1.54, 1.807) is 18.2 Å². The Morgan fingerprint density at radius 3 is 2.83 bits per heavy atom. The Morgan fingerprint density at radius 1 is 1.33 bits per heavy atom. The van der Waals surface area contributed by atoms with Crippen molar-refractivity contribution in [1.29, 1.82) is 0 Å². The van der Waals surface area contributed by atoms with Gasteiger partial charge in [0.1, 0.15) is 12.4 Å². The average molecular weight is 263 g/mol. The van der Waals surface area contributed by atoms with Gasteiger partial charge in [-0.3, -0.25) is 0 Å². The van der Waals surface area contributed by atoms with E-state index in [0.717, 1.165) is 5.56 Å². The third-order valence-corrected chi connectivity index (χ3v) is 2.70. The molecule has 0 atom stereocenters. The first-order valence-corrected chi connectivity index (χ1v) is 5.66. The van der Waals surface area contributed by atoms with E-state index >= 15 is 0 Å². The quantitative estimate of drug-likeness (QED) is 0.864. The van der Waals surface area contributed by atoms with Gasteiger partial charge in [-0.2, -0.15) is 0 Å². The maximum Gasteiger partial charge on any atom is 0.338 e. The molecule has 0 bridgehead atoms. The standard InChI is InChI=1S/C13H11ClN2O2/c14-11-4-2-1-3-10(11)8-18-13(17)9-5-6-16-12(15)7-9/h1-7H,8H2,(H2,15,16). The van der Waals surface area contributed by atoms with Crippen LogP contribution in [-0.4, -0.2) is 11.0 Å². The van der Waals surface area contributed by atoms with Crippen LogP contribution in [0.5, 0.6) is 0 Å². The van der Waals surface area contributed by atoms with Gasteiger partial charge in [0, 0.05) is 16.8 Å². The molecule has 1 aromatic carbocycles. The number of anilines is 1. The Balaban J connectivity index is 2.03. The van der Waals surface area contributed by atoms with Crippen LogP contribution in [0.1, 0.15) is 15.9 Å². The molecule has 4 nitrogen and oxygen atoms in total. The number of carbonyl (C=O) groups excluding carboxylic acids is 1. The van der Waals surface area contributed by atoms with E-state index in [1.807, 2.05) is 12.1 Å². The third kappa shape index (κ3) is 2.99. The minimum atomic E-state index is -0.455. The van der Waals surface area contributed by atoms with Crippen molar-refractivity contribution in [2.24, 2.45) is 0 Å². The largest absolute Gasteiger partial charge is 0.457 e. The van der Waals surface area contributed by atoms with Crippen LogP contribution in [0.25, 0.3) is 0 Å².